The third-order valence-electron chi connectivity index (χ3n) is 3.36. The zero-order valence-corrected chi connectivity index (χ0v) is 12.8. The second kappa shape index (κ2) is 7.62. The zero-order chi connectivity index (χ0) is 14.4. The molecule has 2 rings (SSSR count). The molecule has 1 aromatic rings. The summed E-state index contributed by atoms with van der Waals surface area (Å²) in [6, 6.07) is 8.42. The quantitative estimate of drug-likeness (QED) is 0.861. The number of nitrogens with one attached hydrogen (secondary N) is 1. The molecule has 0 bridgehead atoms. The summed E-state index contributed by atoms with van der Waals surface area (Å²) in [5.41, 5.74) is 1.33. The van der Waals surface area contributed by atoms with E-state index in [4.69, 9.17) is 9.47 Å². The maximum atomic E-state index is 5.72. The van der Waals surface area contributed by atoms with Gasteiger partial charge in [0.1, 0.15) is 5.75 Å². The Kier molecular flexibility index (Phi) is 5.83. The fourth-order valence-corrected chi connectivity index (χ4v) is 2.48. The smallest absolute Gasteiger partial charge is 0.119 e. The van der Waals surface area contributed by atoms with Crippen LogP contribution in [0.25, 0.3) is 0 Å². The Morgan fingerprint density at radius 2 is 2.10 bits per heavy atom. The van der Waals surface area contributed by atoms with E-state index in [0.717, 1.165) is 38.5 Å². The molecule has 1 saturated heterocycles. The average Bonchev–Trinajstić information content (AvgIpc) is 2.41. The van der Waals surface area contributed by atoms with Crippen molar-refractivity contribution < 1.29 is 9.47 Å². The predicted octanol–water partition coefficient (Wildman–Crippen LogP) is 1.89. The Morgan fingerprint density at radius 1 is 1.35 bits per heavy atom. The van der Waals surface area contributed by atoms with Crippen molar-refractivity contribution in [2.24, 2.45) is 0 Å². The van der Waals surface area contributed by atoms with Gasteiger partial charge in [-0.15, -0.1) is 0 Å². The van der Waals surface area contributed by atoms with Crippen LogP contribution >= 0.6 is 0 Å². The lowest BCUT2D eigenvalue weighted by Gasteiger charge is -2.32. The van der Waals surface area contributed by atoms with Gasteiger partial charge < -0.3 is 14.8 Å². The number of benzene rings is 1. The van der Waals surface area contributed by atoms with E-state index in [1.54, 1.807) is 0 Å². The van der Waals surface area contributed by atoms with Crippen molar-refractivity contribution in [1.82, 2.24) is 10.2 Å². The first-order chi connectivity index (χ1) is 9.67. The highest BCUT2D eigenvalue weighted by molar-refractivity contribution is 5.27. The Bertz CT molecular complexity index is 390. The van der Waals surface area contributed by atoms with Gasteiger partial charge in [0.05, 0.1) is 18.8 Å². The highest BCUT2D eigenvalue weighted by Crippen LogP contribution is 2.16. The van der Waals surface area contributed by atoms with Crippen LogP contribution in [0.2, 0.25) is 0 Å². The molecule has 1 atom stereocenters. The van der Waals surface area contributed by atoms with Gasteiger partial charge in [0.25, 0.3) is 0 Å². The lowest BCUT2D eigenvalue weighted by molar-refractivity contribution is -0.0291. The molecule has 0 saturated carbocycles. The van der Waals surface area contributed by atoms with Crippen LogP contribution in [0.4, 0.5) is 0 Å². The van der Waals surface area contributed by atoms with E-state index >= 15 is 0 Å². The molecule has 1 heterocycles. The normalized spacial score (nSPS) is 20.3. The van der Waals surface area contributed by atoms with Crippen molar-refractivity contribution in [2.45, 2.75) is 32.6 Å². The number of ether oxygens (including phenoxy) is 2. The Labute approximate surface area is 122 Å². The number of likely N-dealkylation sites (N-methyl/N-ethyl adjacent to an activating group) is 1. The summed E-state index contributed by atoms with van der Waals surface area (Å²) in [5.74, 6) is 0.943. The first-order valence-electron chi connectivity index (χ1n) is 7.41. The third kappa shape index (κ3) is 4.78. The molecule has 1 aromatic carbocycles. The SMILES string of the molecule is CNCC1CN(Cc2ccc(OC(C)C)cc2)CCO1. The van der Waals surface area contributed by atoms with E-state index in [2.05, 4.69) is 34.5 Å². The van der Waals surface area contributed by atoms with E-state index < -0.39 is 0 Å². The van der Waals surface area contributed by atoms with E-state index in [0.29, 0.717) is 6.10 Å². The second-order valence-electron chi connectivity index (χ2n) is 5.60. The van der Waals surface area contributed by atoms with Crippen LogP contribution in [-0.4, -0.2) is 50.4 Å². The van der Waals surface area contributed by atoms with Gasteiger partial charge in [0, 0.05) is 26.2 Å². The van der Waals surface area contributed by atoms with Crippen molar-refractivity contribution >= 4 is 0 Å². The van der Waals surface area contributed by atoms with Gasteiger partial charge in [-0.25, -0.2) is 0 Å². The number of hydrogen-bond acceptors (Lipinski definition) is 4. The van der Waals surface area contributed by atoms with Gasteiger partial charge in [-0.3, -0.25) is 4.90 Å². The zero-order valence-electron chi connectivity index (χ0n) is 12.8. The lowest BCUT2D eigenvalue weighted by atomic mass is 10.2. The van der Waals surface area contributed by atoms with Crippen LogP contribution in [-0.2, 0) is 11.3 Å². The maximum absolute atomic E-state index is 5.72. The van der Waals surface area contributed by atoms with E-state index in [9.17, 15) is 0 Å². The fourth-order valence-electron chi connectivity index (χ4n) is 2.48. The minimum Gasteiger partial charge on any atom is -0.491 e. The van der Waals surface area contributed by atoms with Crippen LogP contribution < -0.4 is 10.1 Å². The first-order valence-corrected chi connectivity index (χ1v) is 7.41. The maximum Gasteiger partial charge on any atom is 0.119 e. The molecule has 0 radical (unpaired) electrons. The molecular weight excluding hydrogens is 252 g/mol. The van der Waals surface area contributed by atoms with Crippen LogP contribution in [0, 0.1) is 0 Å². The van der Waals surface area contributed by atoms with E-state index in [1.807, 2.05) is 20.9 Å². The third-order valence-corrected chi connectivity index (χ3v) is 3.36. The summed E-state index contributed by atoms with van der Waals surface area (Å²) < 4.78 is 11.4. The molecule has 1 aliphatic heterocycles. The van der Waals surface area contributed by atoms with Crippen molar-refractivity contribution in [2.75, 3.05) is 33.3 Å². The highest BCUT2D eigenvalue weighted by Gasteiger charge is 2.19. The molecular formula is C16H26N2O2. The average molecular weight is 278 g/mol. The first kappa shape index (κ1) is 15.3. The van der Waals surface area contributed by atoms with Crippen molar-refractivity contribution in [3.8, 4) is 5.75 Å². The predicted molar refractivity (Wildman–Crippen MR) is 81.1 cm³/mol. The largest absolute Gasteiger partial charge is 0.491 e. The number of hydrogen-bond donors (Lipinski definition) is 1. The summed E-state index contributed by atoms with van der Waals surface area (Å²) >= 11 is 0. The molecule has 0 aromatic heterocycles. The summed E-state index contributed by atoms with van der Waals surface area (Å²) in [6.45, 7) is 8.80. The van der Waals surface area contributed by atoms with Gasteiger partial charge in [-0.05, 0) is 38.6 Å². The van der Waals surface area contributed by atoms with Gasteiger partial charge >= 0.3 is 0 Å². The molecule has 4 nitrogen and oxygen atoms in total. The Balaban J connectivity index is 1.86. The number of rotatable bonds is 6. The van der Waals surface area contributed by atoms with Gasteiger partial charge in [0.2, 0.25) is 0 Å². The molecule has 112 valence electrons. The van der Waals surface area contributed by atoms with Crippen LogP contribution in [0.15, 0.2) is 24.3 Å². The van der Waals surface area contributed by atoms with Gasteiger partial charge in [-0.2, -0.15) is 0 Å². The molecule has 0 aliphatic carbocycles. The van der Waals surface area contributed by atoms with Crippen molar-refractivity contribution in [1.29, 1.82) is 0 Å². The standard InChI is InChI=1S/C16H26N2O2/c1-13(2)20-15-6-4-14(5-7-15)11-18-8-9-19-16(12-18)10-17-3/h4-7,13,16-17H,8-12H2,1-3H3. The Morgan fingerprint density at radius 3 is 2.75 bits per heavy atom. The Hall–Kier alpha value is -1.10. The minimum atomic E-state index is 0.224. The molecule has 0 spiro atoms. The molecule has 20 heavy (non-hydrogen) atoms. The highest BCUT2D eigenvalue weighted by atomic mass is 16.5. The molecule has 1 N–H and O–H groups in total. The van der Waals surface area contributed by atoms with Crippen LogP contribution in [0.5, 0.6) is 5.75 Å². The molecule has 1 fully saturated rings. The van der Waals surface area contributed by atoms with Gasteiger partial charge in [-0.1, -0.05) is 12.1 Å². The van der Waals surface area contributed by atoms with Crippen LogP contribution in [0.1, 0.15) is 19.4 Å². The fraction of sp³-hybridized carbons (Fsp3) is 0.625. The summed E-state index contributed by atoms with van der Waals surface area (Å²) in [4.78, 5) is 2.45. The summed E-state index contributed by atoms with van der Waals surface area (Å²) in [6.07, 6.45) is 0.527. The molecule has 0 amide bonds. The lowest BCUT2D eigenvalue weighted by Crippen LogP contribution is -2.45. The monoisotopic (exact) mass is 278 g/mol. The van der Waals surface area contributed by atoms with E-state index in [-0.39, 0.29) is 6.10 Å². The van der Waals surface area contributed by atoms with E-state index in [1.165, 1.54) is 5.56 Å². The van der Waals surface area contributed by atoms with Crippen LogP contribution in [0.3, 0.4) is 0 Å². The summed E-state index contributed by atoms with van der Waals surface area (Å²) in [7, 11) is 1.97. The molecule has 1 unspecified atom stereocenters. The molecule has 1 aliphatic rings. The number of morpholine rings is 1. The topological polar surface area (TPSA) is 33.7 Å². The summed E-state index contributed by atoms with van der Waals surface area (Å²) in [5, 5.41) is 3.18. The minimum absolute atomic E-state index is 0.224. The number of nitrogens with zero attached hydrogens (tertiary/aromatic N) is 1. The second-order valence-corrected chi connectivity index (χ2v) is 5.60. The van der Waals surface area contributed by atoms with Gasteiger partial charge in [0.15, 0.2) is 0 Å². The molecule has 4 heteroatoms. The van der Waals surface area contributed by atoms with Crippen molar-refractivity contribution in [3.63, 3.8) is 0 Å². The van der Waals surface area contributed by atoms with Crippen molar-refractivity contribution in [3.05, 3.63) is 29.8 Å².